The summed E-state index contributed by atoms with van der Waals surface area (Å²) in [5.74, 6) is 0.766. The van der Waals surface area contributed by atoms with E-state index in [4.69, 9.17) is 20.8 Å². The maximum Gasteiger partial charge on any atom is 0.291 e. The molecule has 3 aromatic rings. The molecule has 6 nitrogen and oxygen atoms in total. The Morgan fingerprint density at radius 2 is 2.07 bits per heavy atom. The molecular weight excluding hydrogens is 404 g/mol. The maximum absolute atomic E-state index is 12.6. The van der Waals surface area contributed by atoms with Crippen molar-refractivity contribution in [2.45, 2.75) is 19.4 Å². The highest BCUT2D eigenvalue weighted by molar-refractivity contribution is 6.30. The van der Waals surface area contributed by atoms with Gasteiger partial charge in [-0.1, -0.05) is 23.7 Å². The summed E-state index contributed by atoms with van der Waals surface area (Å²) in [6.07, 6.45) is 3.80. The number of halogens is 1. The van der Waals surface area contributed by atoms with Crippen LogP contribution < -0.4 is 15.4 Å². The molecule has 4 rings (SSSR count). The number of rotatable bonds is 5. The summed E-state index contributed by atoms with van der Waals surface area (Å²) in [4.78, 5) is 25.0. The van der Waals surface area contributed by atoms with Crippen LogP contribution in [0.5, 0.6) is 5.75 Å². The number of carbonyl (C=O) groups is 2. The first-order chi connectivity index (χ1) is 14.5. The number of anilines is 1. The highest BCUT2D eigenvalue weighted by atomic mass is 35.5. The summed E-state index contributed by atoms with van der Waals surface area (Å²) >= 11 is 5.99. The first kappa shape index (κ1) is 19.8. The monoisotopic (exact) mass is 422 g/mol. The Hall–Kier alpha value is -3.51. The van der Waals surface area contributed by atoms with Gasteiger partial charge in [-0.15, -0.1) is 0 Å². The molecule has 2 aromatic carbocycles. The summed E-state index contributed by atoms with van der Waals surface area (Å²) in [6, 6.07) is 15.6. The van der Waals surface area contributed by atoms with E-state index in [1.807, 2.05) is 25.1 Å². The van der Waals surface area contributed by atoms with Gasteiger partial charge in [-0.3, -0.25) is 9.59 Å². The third kappa shape index (κ3) is 4.55. The number of fused-ring (bicyclic) bond motifs is 1. The molecule has 0 radical (unpaired) electrons. The number of furan rings is 1. The molecule has 1 aliphatic rings. The van der Waals surface area contributed by atoms with E-state index < -0.39 is 5.91 Å². The molecular formula is C23H19ClN2O4. The fourth-order valence-electron chi connectivity index (χ4n) is 3.14. The molecule has 0 saturated heterocycles. The largest absolute Gasteiger partial charge is 0.469 e. The molecule has 7 heteroatoms. The molecule has 0 bridgehead atoms. The summed E-state index contributed by atoms with van der Waals surface area (Å²) < 4.78 is 11.0. The Kier molecular flexibility index (Phi) is 5.59. The quantitative estimate of drug-likeness (QED) is 0.586. The minimum atomic E-state index is -0.397. The Morgan fingerprint density at radius 1 is 1.20 bits per heavy atom. The van der Waals surface area contributed by atoms with Gasteiger partial charge in [-0.05, 0) is 61.0 Å². The van der Waals surface area contributed by atoms with E-state index in [-0.39, 0.29) is 17.7 Å². The zero-order valence-corrected chi connectivity index (χ0v) is 16.9. The highest BCUT2D eigenvalue weighted by Gasteiger charge is 2.23. The van der Waals surface area contributed by atoms with Crippen molar-refractivity contribution >= 4 is 35.2 Å². The molecule has 152 valence electrons. The fourth-order valence-corrected chi connectivity index (χ4v) is 3.34. The van der Waals surface area contributed by atoms with Crippen molar-refractivity contribution in [2.75, 3.05) is 5.32 Å². The van der Waals surface area contributed by atoms with E-state index in [0.29, 0.717) is 28.4 Å². The molecule has 2 amide bonds. The first-order valence-corrected chi connectivity index (χ1v) is 9.79. The number of ether oxygens (including phenoxy) is 1. The number of carbonyl (C=O) groups excluding carboxylic acids is 2. The van der Waals surface area contributed by atoms with Gasteiger partial charge in [0.25, 0.3) is 11.8 Å². The van der Waals surface area contributed by atoms with Crippen LogP contribution in [0.3, 0.4) is 0 Å². The first-order valence-electron chi connectivity index (χ1n) is 9.42. The number of benzene rings is 2. The molecule has 1 atom stereocenters. The van der Waals surface area contributed by atoms with E-state index in [9.17, 15) is 9.59 Å². The lowest BCUT2D eigenvalue weighted by atomic mass is 10.1. The molecule has 1 aromatic heterocycles. The zero-order valence-electron chi connectivity index (χ0n) is 16.1. The van der Waals surface area contributed by atoms with Gasteiger partial charge < -0.3 is 19.8 Å². The molecule has 2 heterocycles. The zero-order chi connectivity index (χ0) is 21.1. The van der Waals surface area contributed by atoms with Crippen molar-refractivity contribution in [2.24, 2.45) is 0 Å². The third-order valence-electron chi connectivity index (χ3n) is 4.55. The maximum atomic E-state index is 12.6. The van der Waals surface area contributed by atoms with Crippen LogP contribution in [0.1, 0.15) is 28.6 Å². The van der Waals surface area contributed by atoms with Crippen LogP contribution in [-0.4, -0.2) is 17.9 Å². The van der Waals surface area contributed by atoms with Gasteiger partial charge in [0.05, 0.1) is 12.0 Å². The lowest BCUT2D eigenvalue weighted by Gasteiger charge is -2.21. The van der Waals surface area contributed by atoms with Crippen molar-refractivity contribution in [1.82, 2.24) is 5.32 Å². The van der Waals surface area contributed by atoms with Crippen molar-refractivity contribution < 1.29 is 18.7 Å². The van der Waals surface area contributed by atoms with Gasteiger partial charge in [0, 0.05) is 23.0 Å². The molecule has 2 N–H and O–H groups in total. The van der Waals surface area contributed by atoms with E-state index in [1.54, 1.807) is 48.7 Å². The van der Waals surface area contributed by atoms with Crippen molar-refractivity contribution in [1.29, 1.82) is 0 Å². The van der Waals surface area contributed by atoms with Gasteiger partial charge in [-0.25, -0.2) is 0 Å². The predicted molar refractivity (Wildman–Crippen MR) is 114 cm³/mol. The summed E-state index contributed by atoms with van der Waals surface area (Å²) in [6.45, 7) is 1.90. The second kappa shape index (κ2) is 8.47. The van der Waals surface area contributed by atoms with Crippen molar-refractivity contribution in [3.63, 3.8) is 0 Å². The topological polar surface area (TPSA) is 80.6 Å². The van der Waals surface area contributed by atoms with Crippen LogP contribution in [0.4, 0.5) is 5.69 Å². The Labute approximate surface area is 178 Å². The van der Waals surface area contributed by atoms with Gasteiger partial charge >= 0.3 is 0 Å². The average Bonchev–Trinajstić information content (AvgIpc) is 3.21. The predicted octanol–water partition coefficient (Wildman–Crippen LogP) is 4.67. The summed E-state index contributed by atoms with van der Waals surface area (Å²) in [5.41, 5.74) is 1.61. The van der Waals surface area contributed by atoms with Crippen LogP contribution in [0.2, 0.25) is 5.02 Å². The van der Waals surface area contributed by atoms with Crippen LogP contribution >= 0.6 is 11.6 Å². The Balaban J connectivity index is 1.47. The van der Waals surface area contributed by atoms with Crippen molar-refractivity contribution in [3.05, 3.63) is 88.5 Å². The summed E-state index contributed by atoms with van der Waals surface area (Å²) in [7, 11) is 0. The minimum absolute atomic E-state index is 0.113. The van der Waals surface area contributed by atoms with Gasteiger partial charge in [-0.2, -0.15) is 0 Å². The lowest BCUT2D eigenvalue weighted by molar-refractivity contribution is -0.115. The Morgan fingerprint density at radius 3 is 2.83 bits per heavy atom. The van der Waals surface area contributed by atoms with Gasteiger partial charge in [0.2, 0.25) is 0 Å². The molecule has 0 spiro atoms. The Bertz CT molecular complexity index is 1120. The standard InChI is InChI=1S/C23H19ClN2O4/c1-14(10-18-6-3-9-29-18)25-22(27)16-7-8-20-19(13-16)26-23(28)21(30-20)12-15-4-2-5-17(24)11-15/h2-9,11-14H,10H2,1H3,(H,25,27)(H,26,28)/b21-12-. The van der Waals surface area contributed by atoms with Crippen LogP contribution in [0, 0.1) is 0 Å². The lowest BCUT2D eigenvalue weighted by Crippen LogP contribution is -2.34. The number of hydrogen-bond donors (Lipinski definition) is 2. The fraction of sp³-hybridized carbons (Fsp3) is 0.130. The molecule has 0 aliphatic carbocycles. The normalized spacial score (nSPS) is 15.1. The summed E-state index contributed by atoms with van der Waals surface area (Å²) in [5, 5.41) is 6.26. The number of amides is 2. The van der Waals surface area contributed by atoms with E-state index >= 15 is 0 Å². The van der Waals surface area contributed by atoms with Crippen LogP contribution in [0.25, 0.3) is 6.08 Å². The van der Waals surface area contributed by atoms with E-state index in [2.05, 4.69) is 10.6 Å². The van der Waals surface area contributed by atoms with E-state index in [1.165, 1.54) is 0 Å². The smallest absolute Gasteiger partial charge is 0.291 e. The molecule has 0 saturated carbocycles. The van der Waals surface area contributed by atoms with Gasteiger partial charge in [0.15, 0.2) is 11.5 Å². The number of nitrogens with one attached hydrogen (secondary N) is 2. The number of hydrogen-bond acceptors (Lipinski definition) is 4. The molecule has 1 aliphatic heterocycles. The highest BCUT2D eigenvalue weighted by Crippen LogP contribution is 2.32. The third-order valence-corrected chi connectivity index (χ3v) is 4.78. The SMILES string of the molecule is CC(Cc1ccco1)NC(=O)c1ccc2c(c1)NC(=O)/C(=C/c1cccc(Cl)c1)O2. The second-order valence-corrected chi connectivity index (χ2v) is 7.43. The van der Waals surface area contributed by atoms with Gasteiger partial charge in [0.1, 0.15) is 5.76 Å². The second-order valence-electron chi connectivity index (χ2n) is 6.99. The molecule has 30 heavy (non-hydrogen) atoms. The van der Waals surface area contributed by atoms with Crippen LogP contribution in [0.15, 0.2) is 71.0 Å². The molecule has 1 unspecified atom stereocenters. The average molecular weight is 423 g/mol. The van der Waals surface area contributed by atoms with Crippen molar-refractivity contribution in [3.8, 4) is 5.75 Å². The van der Waals surface area contributed by atoms with E-state index in [0.717, 1.165) is 11.3 Å². The van der Waals surface area contributed by atoms with Crippen LogP contribution in [-0.2, 0) is 11.2 Å². The minimum Gasteiger partial charge on any atom is -0.469 e. The molecule has 0 fully saturated rings.